The zero-order chi connectivity index (χ0) is 13.0. The van der Waals surface area contributed by atoms with Gasteiger partial charge in [-0.05, 0) is 18.9 Å². The minimum absolute atomic E-state index is 0.553. The van der Waals surface area contributed by atoms with Crippen LogP contribution in [-0.2, 0) is 6.42 Å². The maximum atomic E-state index is 6.20. The molecule has 0 bridgehead atoms. The Labute approximate surface area is 117 Å². The van der Waals surface area contributed by atoms with E-state index in [1.165, 1.54) is 4.88 Å². The van der Waals surface area contributed by atoms with Crippen LogP contribution >= 0.6 is 22.9 Å². The Morgan fingerprint density at radius 3 is 2.83 bits per heavy atom. The largest absolute Gasteiger partial charge is 0.354 e. The van der Waals surface area contributed by atoms with Crippen molar-refractivity contribution in [2.75, 3.05) is 11.9 Å². The average molecular weight is 284 g/mol. The molecule has 0 saturated heterocycles. The van der Waals surface area contributed by atoms with Crippen molar-refractivity contribution in [1.29, 1.82) is 0 Å². The van der Waals surface area contributed by atoms with Gasteiger partial charge >= 0.3 is 0 Å². The van der Waals surface area contributed by atoms with E-state index >= 15 is 0 Å². The lowest BCUT2D eigenvalue weighted by atomic mass is 10.3. The van der Waals surface area contributed by atoms with Gasteiger partial charge in [0, 0.05) is 16.8 Å². The van der Waals surface area contributed by atoms with Gasteiger partial charge in [-0.15, -0.1) is 11.3 Å². The molecular formula is C13H18ClN3S. The van der Waals surface area contributed by atoms with E-state index < -0.39 is 0 Å². The van der Waals surface area contributed by atoms with Crippen molar-refractivity contribution < 1.29 is 0 Å². The van der Waals surface area contributed by atoms with E-state index in [2.05, 4.69) is 35.2 Å². The molecule has 0 spiro atoms. The van der Waals surface area contributed by atoms with E-state index in [0.717, 1.165) is 42.4 Å². The highest BCUT2D eigenvalue weighted by atomic mass is 35.5. The highest BCUT2D eigenvalue weighted by molar-refractivity contribution is 7.18. The van der Waals surface area contributed by atoms with E-state index in [4.69, 9.17) is 11.6 Å². The zero-order valence-electron chi connectivity index (χ0n) is 10.8. The average Bonchev–Trinajstić information content (AvgIpc) is 2.73. The van der Waals surface area contributed by atoms with Crippen LogP contribution in [0.1, 0.15) is 38.0 Å². The van der Waals surface area contributed by atoms with Crippen LogP contribution in [0.5, 0.6) is 0 Å². The molecule has 0 aliphatic carbocycles. The van der Waals surface area contributed by atoms with Gasteiger partial charge in [0.15, 0.2) is 0 Å². The predicted octanol–water partition coefficient (Wildman–Crippen LogP) is 4.51. The van der Waals surface area contributed by atoms with Crippen molar-refractivity contribution in [3.63, 3.8) is 0 Å². The summed E-state index contributed by atoms with van der Waals surface area (Å²) in [5, 5.41) is 4.75. The van der Waals surface area contributed by atoms with Gasteiger partial charge in [0.2, 0.25) is 5.95 Å². The molecule has 2 heterocycles. The fourth-order valence-corrected chi connectivity index (χ4v) is 3.17. The summed E-state index contributed by atoms with van der Waals surface area (Å²) in [6.45, 7) is 5.23. The summed E-state index contributed by atoms with van der Waals surface area (Å²) < 4.78 is 0. The number of aryl methyl sites for hydroxylation is 1. The highest BCUT2D eigenvalue weighted by Crippen LogP contribution is 2.30. The first-order valence-electron chi connectivity index (χ1n) is 6.44. The minimum atomic E-state index is 0.553. The number of aromatic nitrogens is 2. The smallest absolute Gasteiger partial charge is 0.225 e. The third-order valence-electron chi connectivity index (χ3n) is 2.71. The second kappa shape index (κ2) is 6.34. The van der Waals surface area contributed by atoms with Gasteiger partial charge in [0.05, 0.1) is 0 Å². The first-order chi connectivity index (χ1) is 8.74. The molecule has 0 aliphatic rings. The molecular weight excluding hydrogens is 266 g/mol. The number of nitrogens with one attached hydrogen (secondary N) is 1. The summed E-state index contributed by atoms with van der Waals surface area (Å²) in [6, 6.07) is 2.11. The highest BCUT2D eigenvalue weighted by Gasteiger charge is 2.09. The van der Waals surface area contributed by atoms with E-state index in [9.17, 15) is 0 Å². The first kappa shape index (κ1) is 13.6. The van der Waals surface area contributed by atoms with Gasteiger partial charge in [0.25, 0.3) is 0 Å². The quantitative estimate of drug-likeness (QED) is 0.626. The standard InChI is InChI=1S/C13H18ClN3S/c1-3-5-7-15-13-16-11(14)10-8-9(6-4-2)18-12(10)17-13/h8H,3-7H2,1-2H3,(H,15,16,17). The molecule has 0 fully saturated rings. The van der Waals surface area contributed by atoms with Gasteiger partial charge in [-0.1, -0.05) is 38.3 Å². The van der Waals surface area contributed by atoms with Crippen LogP contribution in [0.2, 0.25) is 5.15 Å². The monoisotopic (exact) mass is 283 g/mol. The maximum Gasteiger partial charge on any atom is 0.225 e. The van der Waals surface area contributed by atoms with Crippen LogP contribution < -0.4 is 5.32 Å². The second-order valence-electron chi connectivity index (χ2n) is 4.30. The fourth-order valence-electron chi connectivity index (χ4n) is 1.76. The summed E-state index contributed by atoms with van der Waals surface area (Å²) in [5.74, 6) is 0.644. The van der Waals surface area contributed by atoms with Crippen LogP contribution in [0, 0.1) is 0 Å². The number of nitrogens with zero attached hydrogens (tertiary/aromatic N) is 2. The molecule has 3 nitrogen and oxygen atoms in total. The summed E-state index contributed by atoms with van der Waals surface area (Å²) in [7, 11) is 0. The Bertz CT molecular complexity index is 524. The Morgan fingerprint density at radius 1 is 1.28 bits per heavy atom. The van der Waals surface area contributed by atoms with E-state index in [0.29, 0.717) is 11.1 Å². The lowest BCUT2D eigenvalue weighted by Gasteiger charge is -2.03. The zero-order valence-corrected chi connectivity index (χ0v) is 12.4. The normalized spacial score (nSPS) is 11.1. The van der Waals surface area contributed by atoms with E-state index in [-0.39, 0.29) is 0 Å². The molecule has 1 N–H and O–H groups in total. The number of hydrogen-bond acceptors (Lipinski definition) is 4. The third-order valence-corrected chi connectivity index (χ3v) is 4.08. The predicted molar refractivity (Wildman–Crippen MR) is 79.8 cm³/mol. The molecule has 2 aromatic heterocycles. The number of fused-ring (bicyclic) bond motifs is 1. The molecule has 0 unspecified atom stereocenters. The molecule has 98 valence electrons. The Kier molecular flexibility index (Phi) is 4.78. The molecule has 5 heteroatoms. The summed E-state index contributed by atoms with van der Waals surface area (Å²) >= 11 is 7.92. The number of thiophene rings is 1. The van der Waals surface area contributed by atoms with Crippen LogP contribution in [0.4, 0.5) is 5.95 Å². The van der Waals surface area contributed by atoms with Crippen LogP contribution in [0.15, 0.2) is 6.07 Å². The number of halogens is 1. The van der Waals surface area contributed by atoms with Crippen LogP contribution in [0.25, 0.3) is 10.2 Å². The second-order valence-corrected chi connectivity index (χ2v) is 5.77. The summed E-state index contributed by atoms with van der Waals surface area (Å²) in [6.07, 6.45) is 4.49. The molecule has 2 rings (SSSR count). The molecule has 18 heavy (non-hydrogen) atoms. The fraction of sp³-hybridized carbons (Fsp3) is 0.538. The van der Waals surface area contributed by atoms with E-state index in [1.54, 1.807) is 11.3 Å². The molecule has 0 atom stereocenters. The topological polar surface area (TPSA) is 37.8 Å². The van der Waals surface area contributed by atoms with Crippen molar-refractivity contribution in [3.05, 3.63) is 16.1 Å². The number of rotatable bonds is 6. The molecule has 0 aliphatic heterocycles. The van der Waals surface area contributed by atoms with E-state index in [1.807, 2.05) is 0 Å². The number of hydrogen-bond donors (Lipinski definition) is 1. The molecule has 0 saturated carbocycles. The van der Waals surface area contributed by atoms with Crippen molar-refractivity contribution in [1.82, 2.24) is 9.97 Å². The summed E-state index contributed by atoms with van der Waals surface area (Å²) in [4.78, 5) is 11.1. The Morgan fingerprint density at radius 2 is 2.11 bits per heavy atom. The summed E-state index contributed by atoms with van der Waals surface area (Å²) in [5.41, 5.74) is 0. The lowest BCUT2D eigenvalue weighted by Crippen LogP contribution is -2.04. The van der Waals surface area contributed by atoms with Gasteiger partial charge in [-0.2, -0.15) is 0 Å². The molecule has 0 amide bonds. The van der Waals surface area contributed by atoms with Gasteiger partial charge < -0.3 is 5.32 Å². The van der Waals surface area contributed by atoms with Crippen LogP contribution in [-0.4, -0.2) is 16.5 Å². The molecule has 2 aromatic rings. The van der Waals surface area contributed by atoms with Gasteiger partial charge in [0.1, 0.15) is 9.98 Å². The van der Waals surface area contributed by atoms with Crippen molar-refractivity contribution >= 4 is 39.1 Å². The molecule has 0 aromatic carbocycles. The first-order valence-corrected chi connectivity index (χ1v) is 7.63. The van der Waals surface area contributed by atoms with Gasteiger partial charge in [-0.25, -0.2) is 9.97 Å². The van der Waals surface area contributed by atoms with Crippen molar-refractivity contribution in [3.8, 4) is 0 Å². The lowest BCUT2D eigenvalue weighted by molar-refractivity contribution is 0.827. The number of unbranched alkanes of at least 4 members (excludes halogenated alkanes) is 1. The minimum Gasteiger partial charge on any atom is -0.354 e. The maximum absolute atomic E-state index is 6.20. The van der Waals surface area contributed by atoms with Crippen molar-refractivity contribution in [2.45, 2.75) is 39.5 Å². The van der Waals surface area contributed by atoms with Crippen LogP contribution in [0.3, 0.4) is 0 Å². The van der Waals surface area contributed by atoms with Crippen molar-refractivity contribution in [2.24, 2.45) is 0 Å². The SMILES string of the molecule is CCCCNc1nc(Cl)c2cc(CCC)sc2n1. The number of anilines is 1. The Balaban J connectivity index is 2.24. The third kappa shape index (κ3) is 3.12. The Hall–Kier alpha value is -0.870. The van der Waals surface area contributed by atoms with Gasteiger partial charge in [-0.3, -0.25) is 0 Å². The molecule has 0 radical (unpaired) electrons.